The Balaban J connectivity index is 1.30. The van der Waals surface area contributed by atoms with Crippen LogP contribution in [0.3, 0.4) is 0 Å². The fourth-order valence-electron chi connectivity index (χ4n) is 4.83. The summed E-state index contributed by atoms with van der Waals surface area (Å²) >= 11 is 11.9. The zero-order valence-corrected chi connectivity index (χ0v) is 23.1. The van der Waals surface area contributed by atoms with Crippen molar-refractivity contribution >= 4 is 46.7 Å². The van der Waals surface area contributed by atoms with Crippen molar-refractivity contribution in [2.75, 3.05) is 11.9 Å². The van der Waals surface area contributed by atoms with Gasteiger partial charge in [0.2, 0.25) is 17.6 Å². The van der Waals surface area contributed by atoms with E-state index in [1.54, 1.807) is 12.1 Å². The maximum Gasteiger partial charge on any atom is 0.452 e. The van der Waals surface area contributed by atoms with Crippen molar-refractivity contribution in [3.8, 4) is 11.5 Å². The highest BCUT2D eigenvalue weighted by Crippen LogP contribution is 2.38. The van der Waals surface area contributed by atoms with Gasteiger partial charge in [0.15, 0.2) is 5.69 Å². The average molecular weight is 612 g/mol. The maximum absolute atomic E-state index is 13.6. The van der Waals surface area contributed by atoms with E-state index in [4.69, 9.17) is 32.7 Å². The van der Waals surface area contributed by atoms with Gasteiger partial charge in [-0.1, -0.05) is 35.3 Å². The third-order valence-corrected chi connectivity index (χ3v) is 7.42. The molecule has 0 unspecified atom stereocenters. The summed E-state index contributed by atoms with van der Waals surface area (Å²) in [6.45, 7) is -0.247. The van der Waals surface area contributed by atoms with Crippen LogP contribution in [0.1, 0.15) is 66.3 Å². The van der Waals surface area contributed by atoms with Gasteiger partial charge < -0.3 is 20.2 Å². The summed E-state index contributed by atoms with van der Waals surface area (Å²) < 4.78 is 45.5. The van der Waals surface area contributed by atoms with E-state index < -0.39 is 41.3 Å². The highest BCUT2D eigenvalue weighted by Gasteiger charge is 2.42. The van der Waals surface area contributed by atoms with Gasteiger partial charge in [-0.25, -0.2) is 4.98 Å². The van der Waals surface area contributed by atoms with Crippen molar-refractivity contribution in [3.63, 3.8) is 0 Å². The number of rotatable bonds is 9. The largest absolute Gasteiger partial charge is 0.481 e. The van der Waals surface area contributed by atoms with Crippen molar-refractivity contribution < 1.29 is 37.1 Å². The molecule has 3 aromatic rings. The van der Waals surface area contributed by atoms with Crippen molar-refractivity contribution in [1.29, 1.82) is 0 Å². The summed E-state index contributed by atoms with van der Waals surface area (Å²) in [4.78, 5) is 39.5. The van der Waals surface area contributed by atoms with Crippen LogP contribution in [0.5, 0.6) is 0 Å². The van der Waals surface area contributed by atoms with Crippen molar-refractivity contribution in [1.82, 2.24) is 10.3 Å². The number of anilines is 1. The quantitative estimate of drug-likeness (QED) is 0.236. The van der Waals surface area contributed by atoms with Gasteiger partial charge in [-0.05, 0) is 73.4 Å². The number of hydrogen-bond donors (Lipinski definition) is 3. The first-order valence-electron chi connectivity index (χ1n) is 12.8. The fraction of sp³-hybridized carbons (Fsp3) is 0.357. The first kappa shape index (κ1) is 30.4. The van der Waals surface area contributed by atoms with Crippen molar-refractivity contribution in [3.05, 3.63) is 69.5 Å². The SMILES string of the molecule is O=C(O)C[C@H]1CC[C@H](c2ccc(NC(=O)CCNC(=O)c3nc(-c4ccc(Cl)cc4Cl)oc3C(F)(F)F)cc2)CC1. The molecule has 1 fully saturated rings. The van der Waals surface area contributed by atoms with Gasteiger partial charge in [0.05, 0.1) is 10.6 Å². The standard InChI is InChI=1S/C28H26Cl2F3N3O5/c29-18-7-10-20(21(30)14-18)27-36-24(25(41-27)28(31,32)33)26(40)34-12-11-22(37)35-19-8-5-17(6-9-19)16-3-1-15(2-4-16)13-23(38)39/h5-10,14-16H,1-4,11-13H2,(H,34,40)(H,35,37)(H,38,39)/t15-,16-. The number of carboxylic acid groups (broad SMARTS) is 1. The van der Waals surface area contributed by atoms with E-state index in [0.29, 0.717) is 11.6 Å². The van der Waals surface area contributed by atoms with Crippen LogP contribution in [0.2, 0.25) is 10.0 Å². The molecule has 0 atom stereocenters. The molecule has 2 amide bonds. The molecule has 0 saturated heterocycles. The van der Waals surface area contributed by atoms with Crippen molar-refractivity contribution in [2.24, 2.45) is 5.92 Å². The van der Waals surface area contributed by atoms with E-state index in [1.807, 2.05) is 12.1 Å². The summed E-state index contributed by atoms with van der Waals surface area (Å²) in [6, 6.07) is 11.3. The lowest BCUT2D eigenvalue weighted by atomic mass is 9.77. The number of benzene rings is 2. The first-order valence-corrected chi connectivity index (χ1v) is 13.6. The predicted octanol–water partition coefficient (Wildman–Crippen LogP) is 7.17. The second-order valence-corrected chi connectivity index (χ2v) is 10.7. The van der Waals surface area contributed by atoms with Gasteiger partial charge in [0, 0.05) is 30.1 Å². The number of oxazole rings is 1. The molecular weight excluding hydrogens is 586 g/mol. The second-order valence-electron chi connectivity index (χ2n) is 9.81. The first-order chi connectivity index (χ1) is 19.4. The minimum absolute atomic E-state index is 0.00717. The summed E-state index contributed by atoms with van der Waals surface area (Å²) in [5, 5.41) is 14.2. The van der Waals surface area contributed by atoms with E-state index in [1.165, 1.54) is 18.2 Å². The molecule has 1 aliphatic carbocycles. The Morgan fingerprint density at radius 3 is 2.32 bits per heavy atom. The molecule has 8 nitrogen and oxygen atoms in total. The molecule has 1 heterocycles. The highest BCUT2D eigenvalue weighted by atomic mass is 35.5. The van der Waals surface area contributed by atoms with Crippen LogP contribution in [0.15, 0.2) is 46.9 Å². The third kappa shape index (κ3) is 8.01. The number of amides is 2. The molecule has 4 rings (SSSR count). The fourth-order valence-corrected chi connectivity index (χ4v) is 5.32. The predicted molar refractivity (Wildman–Crippen MR) is 146 cm³/mol. The van der Waals surface area contributed by atoms with Crippen LogP contribution in [0.4, 0.5) is 18.9 Å². The van der Waals surface area contributed by atoms with Crippen LogP contribution in [-0.2, 0) is 15.8 Å². The molecule has 13 heteroatoms. The van der Waals surface area contributed by atoms with E-state index in [9.17, 15) is 27.6 Å². The molecule has 1 saturated carbocycles. The highest BCUT2D eigenvalue weighted by molar-refractivity contribution is 6.36. The molecule has 218 valence electrons. The van der Waals surface area contributed by atoms with E-state index in [-0.39, 0.29) is 40.9 Å². The Morgan fingerprint density at radius 2 is 1.71 bits per heavy atom. The number of carbonyl (C=O) groups is 3. The Hall–Kier alpha value is -3.57. The number of nitrogens with one attached hydrogen (secondary N) is 2. The Labute approximate surface area is 243 Å². The Bertz CT molecular complexity index is 1420. The van der Waals surface area contributed by atoms with Crippen LogP contribution in [-0.4, -0.2) is 34.4 Å². The number of aromatic nitrogens is 1. The molecule has 1 aromatic heterocycles. The lowest BCUT2D eigenvalue weighted by molar-refractivity contribution is -0.153. The molecule has 0 aliphatic heterocycles. The summed E-state index contributed by atoms with van der Waals surface area (Å²) in [5.74, 6) is -3.93. The van der Waals surface area contributed by atoms with Crippen LogP contribution in [0, 0.1) is 5.92 Å². The minimum atomic E-state index is -5.00. The number of carbonyl (C=O) groups excluding carboxylic acids is 2. The monoisotopic (exact) mass is 611 g/mol. The zero-order valence-electron chi connectivity index (χ0n) is 21.6. The number of alkyl halides is 3. The van der Waals surface area contributed by atoms with Gasteiger partial charge in [0.25, 0.3) is 5.91 Å². The normalized spacial score (nSPS) is 17.2. The molecule has 3 N–H and O–H groups in total. The van der Waals surface area contributed by atoms with E-state index >= 15 is 0 Å². The van der Waals surface area contributed by atoms with Gasteiger partial charge in [-0.15, -0.1) is 0 Å². The molecule has 2 aromatic carbocycles. The van der Waals surface area contributed by atoms with Gasteiger partial charge in [-0.3, -0.25) is 14.4 Å². The molecule has 0 spiro atoms. The lowest BCUT2D eigenvalue weighted by Crippen LogP contribution is -2.29. The number of aliphatic carboxylic acids is 1. The molecule has 0 radical (unpaired) electrons. The summed E-state index contributed by atoms with van der Waals surface area (Å²) in [7, 11) is 0. The number of halogens is 5. The average Bonchev–Trinajstić information content (AvgIpc) is 3.35. The van der Waals surface area contributed by atoms with Gasteiger partial charge >= 0.3 is 12.1 Å². The Morgan fingerprint density at radius 1 is 1.02 bits per heavy atom. The van der Waals surface area contributed by atoms with Gasteiger partial charge in [0.1, 0.15) is 0 Å². The third-order valence-electron chi connectivity index (χ3n) is 6.87. The number of nitrogens with zero attached hydrogens (tertiary/aromatic N) is 1. The maximum atomic E-state index is 13.6. The molecule has 0 bridgehead atoms. The van der Waals surface area contributed by atoms with E-state index in [2.05, 4.69) is 15.6 Å². The number of carboxylic acids is 1. The molecule has 1 aliphatic rings. The molecule has 41 heavy (non-hydrogen) atoms. The Kier molecular flexibility index (Phi) is 9.60. The second kappa shape index (κ2) is 12.9. The zero-order chi connectivity index (χ0) is 29.7. The van der Waals surface area contributed by atoms with Crippen LogP contribution < -0.4 is 10.6 Å². The van der Waals surface area contributed by atoms with E-state index in [0.717, 1.165) is 31.2 Å². The minimum Gasteiger partial charge on any atom is -0.481 e. The lowest BCUT2D eigenvalue weighted by Gasteiger charge is -2.28. The summed E-state index contributed by atoms with van der Waals surface area (Å²) in [5.41, 5.74) is 0.685. The van der Waals surface area contributed by atoms with Crippen molar-refractivity contribution in [2.45, 2.75) is 50.6 Å². The van der Waals surface area contributed by atoms with Crippen LogP contribution in [0.25, 0.3) is 11.5 Å². The van der Waals surface area contributed by atoms with Gasteiger partial charge in [-0.2, -0.15) is 13.2 Å². The smallest absolute Gasteiger partial charge is 0.452 e. The number of hydrogen-bond acceptors (Lipinski definition) is 5. The topological polar surface area (TPSA) is 122 Å². The summed E-state index contributed by atoms with van der Waals surface area (Å²) in [6.07, 6.45) is -1.49. The molecular formula is C28H26Cl2F3N3O5. The van der Waals surface area contributed by atoms with Crippen LogP contribution >= 0.6 is 23.2 Å².